The van der Waals surface area contributed by atoms with Crippen molar-refractivity contribution >= 4 is 0 Å². The van der Waals surface area contributed by atoms with Crippen LogP contribution in [0.15, 0.2) is 24.3 Å². The first-order valence-corrected chi connectivity index (χ1v) is 8.71. The first-order chi connectivity index (χ1) is 11.1. The van der Waals surface area contributed by atoms with Crippen molar-refractivity contribution in [3.63, 3.8) is 0 Å². The van der Waals surface area contributed by atoms with Gasteiger partial charge in [0.2, 0.25) is 0 Å². The highest BCUT2D eigenvalue weighted by Crippen LogP contribution is 2.36. The predicted molar refractivity (Wildman–Crippen MR) is 90.1 cm³/mol. The van der Waals surface area contributed by atoms with Crippen molar-refractivity contribution in [3.8, 4) is 0 Å². The number of hydrogen-bond acceptors (Lipinski definition) is 4. The van der Waals surface area contributed by atoms with E-state index < -0.39 is 5.60 Å². The second-order valence-electron chi connectivity index (χ2n) is 7.22. The number of ether oxygens (including phenoxy) is 2. The summed E-state index contributed by atoms with van der Waals surface area (Å²) in [5, 5.41) is 10.8. The molecule has 2 fully saturated rings. The van der Waals surface area contributed by atoms with Crippen molar-refractivity contribution in [1.82, 2.24) is 4.90 Å². The maximum Gasteiger partial charge on any atom is 0.0713 e. The second kappa shape index (κ2) is 7.31. The van der Waals surface area contributed by atoms with Gasteiger partial charge >= 0.3 is 0 Å². The molecular formula is C19H29NO3. The van der Waals surface area contributed by atoms with E-state index in [1.807, 2.05) is 6.92 Å². The highest BCUT2D eigenvalue weighted by Gasteiger charge is 2.43. The van der Waals surface area contributed by atoms with Gasteiger partial charge in [-0.25, -0.2) is 0 Å². The van der Waals surface area contributed by atoms with Gasteiger partial charge in [0.1, 0.15) is 0 Å². The van der Waals surface area contributed by atoms with Crippen molar-refractivity contribution in [2.45, 2.75) is 51.0 Å². The molecule has 0 spiro atoms. The molecule has 3 atom stereocenters. The molecule has 4 heteroatoms. The minimum atomic E-state index is -0.608. The summed E-state index contributed by atoms with van der Waals surface area (Å²) in [5.41, 5.74) is 1.93. The molecule has 2 heterocycles. The SMILES string of the molecule is COCc1cccc(CN2CCCC2C2COCCC2(C)O)c1. The molecule has 2 saturated heterocycles. The number of benzene rings is 1. The van der Waals surface area contributed by atoms with Crippen LogP contribution in [-0.4, -0.2) is 48.5 Å². The zero-order valence-corrected chi connectivity index (χ0v) is 14.3. The van der Waals surface area contributed by atoms with Crippen molar-refractivity contribution in [1.29, 1.82) is 0 Å². The molecule has 0 amide bonds. The van der Waals surface area contributed by atoms with Crippen LogP contribution in [-0.2, 0) is 22.6 Å². The first-order valence-electron chi connectivity index (χ1n) is 8.71. The van der Waals surface area contributed by atoms with Gasteiger partial charge in [-0.1, -0.05) is 24.3 Å². The Morgan fingerprint density at radius 3 is 3.00 bits per heavy atom. The van der Waals surface area contributed by atoms with Crippen LogP contribution < -0.4 is 0 Å². The van der Waals surface area contributed by atoms with Crippen molar-refractivity contribution in [2.75, 3.05) is 26.9 Å². The lowest BCUT2D eigenvalue weighted by atomic mass is 9.79. The Balaban J connectivity index is 1.70. The molecule has 3 rings (SSSR count). The number of aliphatic hydroxyl groups is 1. The third-order valence-electron chi connectivity index (χ3n) is 5.42. The molecule has 0 saturated carbocycles. The maximum atomic E-state index is 10.8. The molecule has 0 radical (unpaired) electrons. The Labute approximate surface area is 139 Å². The van der Waals surface area contributed by atoms with E-state index in [-0.39, 0.29) is 5.92 Å². The van der Waals surface area contributed by atoms with Crippen LogP contribution in [0.25, 0.3) is 0 Å². The smallest absolute Gasteiger partial charge is 0.0713 e. The van der Waals surface area contributed by atoms with E-state index in [0.717, 1.165) is 25.9 Å². The van der Waals surface area contributed by atoms with Crippen molar-refractivity contribution in [3.05, 3.63) is 35.4 Å². The summed E-state index contributed by atoms with van der Waals surface area (Å²) >= 11 is 0. The molecule has 0 aromatic heterocycles. The normalized spacial score (nSPS) is 32.3. The molecular weight excluding hydrogens is 290 g/mol. The molecule has 1 aromatic carbocycles. The lowest BCUT2D eigenvalue weighted by molar-refractivity contribution is -0.123. The average Bonchev–Trinajstić information content (AvgIpc) is 2.95. The molecule has 128 valence electrons. The van der Waals surface area contributed by atoms with E-state index >= 15 is 0 Å². The van der Waals surface area contributed by atoms with Crippen LogP contribution >= 0.6 is 0 Å². The fourth-order valence-corrected chi connectivity index (χ4v) is 4.10. The van der Waals surface area contributed by atoms with Gasteiger partial charge in [-0.15, -0.1) is 0 Å². The topological polar surface area (TPSA) is 41.9 Å². The zero-order chi connectivity index (χ0) is 16.3. The van der Waals surface area contributed by atoms with E-state index in [9.17, 15) is 5.11 Å². The van der Waals surface area contributed by atoms with Gasteiger partial charge in [0, 0.05) is 32.2 Å². The molecule has 1 N–H and O–H groups in total. The summed E-state index contributed by atoms with van der Waals surface area (Å²) < 4.78 is 10.9. The molecule has 3 unspecified atom stereocenters. The summed E-state index contributed by atoms with van der Waals surface area (Å²) in [6, 6.07) is 9.04. The second-order valence-corrected chi connectivity index (χ2v) is 7.22. The summed E-state index contributed by atoms with van der Waals surface area (Å²) in [7, 11) is 1.73. The minimum absolute atomic E-state index is 0.209. The number of nitrogens with zero attached hydrogens (tertiary/aromatic N) is 1. The fourth-order valence-electron chi connectivity index (χ4n) is 4.10. The summed E-state index contributed by atoms with van der Waals surface area (Å²) in [5.74, 6) is 0.209. The summed E-state index contributed by atoms with van der Waals surface area (Å²) in [6.07, 6.45) is 3.10. The van der Waals surface area contributed by atoms with E-state index in [1.165, 1.54) is 17.5 Å². The monoisotopic (exact) mass is 319 g/mol. The van der Waals surface area contributed by atoms with Gasteiger partial charge in [-0.05, 0) is 43.9 Å². The summed E-state index contributed by atoms with van der Waals surface area (Å²) in [6.45, 7) is 6.03. The molecule has 2 aliphatic heterocycles. The summed E-state index contributed by atoms with van der Waals surface area (Å²) in [4.78, 5) is 2.53. The quantitative estimate of drug-likeness (QED) is 0.906. The highest BCUT2D eigenvalue weighted by atomic mass is 16.5. The molecule has 23 heavy (non-hydrogen) atoms. The van der Waals surface area contributed by atoms with E-state index in [1.54, 1.807) is 7.11 Å². The molecule has 1 aromatic rings. The van der Waals surface area contributed by atoms with Crippen LogP contribution in [0.3, 0.4) is 0 Å². The van der Waals surface area contributed by atoms with Crippen molar-refractivity contribution in [2.24, 2.45) is 5.92 Å². The Morgan fingerprint density at radius 1 is 1.39 bits per heavy atom. The van der Waals surface area contributed by atoms with Gasteiger partial charge < -0.3 is 14.6 Å². The molecule has 0 bridgehead atoms. The van der Waals surface area contributed by atoms with E-state index in [2.05, 4.69) is 29.2 Å². The molecule has 2 aliphatic rings. The Bertz CT molecular complexity index is 517. The first kappa shape index (κ1) is 16.9. The fraction of sp³-hybridized carbons (Fsp3) is 0.684. The van der Waals surface area contributed by atoms with Gasteiger partial charge in [-0.3, -0.25) is 4.90 Å². The third-order valence-corrected chi connectivity index (χ3v) is 5.42. The zero-order valence-electron chi connectivity index (χ0n) is 14.3. The molecule has 0 aliphatic carbocycles. The molecule has 4 nitrogen and oxygen atoms in total. The van der Waals surface area contributed by atoms with E-state index in [0.29, 0.717) is 25.9 Å². The Morgan fingerprint density at radius 2 is 2.22 bits per heavy atom. The van der Waals surface area contributed by atoms with Crippen molar-refractivity contribution < 1.29 is 14.6 Å². The number of hydrogen-bond donors (Lipinski definition) is 1. The van der Waals surface area contributed by atoms with Gasteiger partial charge in [0.05, 0.1) is 18.8 Å². The average molecular weight is 319 g/mol. The third kappa shape index (κ3) is 3.94. The maximum absolute atomic E-state index is 10.8. The van der Waals surface area contributed by atoms with Gasteiger partial charge in [-0.2, -0.15) is 0 Å². The van der Waals surface area contributed by atoms with Gasteiger partial charge in [0.15, 0.2) is 0 Å². The van der Waals surface area contributed by atoms with Gasteiger partial charge in [0.25, 0.3) is 0 Å². The van der Waals surface area contributed by atoms with Crippen LogP contribution in [0, 0.1) is 5.92 Å². The lowest BCUT2D eigenvalue weighted by Gasteiger charge is -2.43. The standard InChI is InChI=1S/C19H29NO3/c1-19(21)8-10-23-14-17(19)18-7-4-9-20(18)12-15-5-3-6-16(11-15)13-22-2/h3,5-6,11,17-18,21H,4,7-10,12-14H2,1-2H3. The predicted octanol–water partition coefficient (Wildman–Crippen LogP) is 2.58. The van der Waals surface area contributed by atoms with E-state index in [4.69, 9.17) is 9.47 Å². The largest absolute Gasteiger partial charge is 0.390 e. The number of methoxy groups -OCH3 is 1. The van der Waals surface area contributed by atoms with Crippen LogP contribution in [0.4, 0.5) is 0 Å². The highest BCUT2D eigenvalue weighted by molar-refractivity contribution is 5.23. The van der Waals surface area contributed by atoms with Crippen LogP contribution in [0.2, 0.25) is 0 Å². The number of rotatable bonds is 5. The van der Waals surface area contributed by atoms with Crippen LogP contribution in [0.1, 0.15) is 37.3 Å². The lowest BCUT2D eigenvalue weighted by Crippen LogP contribution is -2.52. The minimum Gasteiger partial charge on any atom is -0.390 e. The van der Waals surface area contributed by atoms with Crippen LogP contribution in [0.5, 0.6) is 0 Å². The Kier molecular flexibility index (Phi) is 5.37. The number of likely N-dealkylation sites (tertiary alicyclic amines) is 1. The Hall–Kier alpha value is -0.940.